The van der Waals surface area contributed by atoms with Gasteiger partial charge < -0.3 is 9.72 Å². The van der Waals surface area contributed by atoms with Gasteiger partial charge in [0.2, 0.25) is 0 Å². The Labute approximate surface area is 127 Å². The summed E-state index contributed by atoms with van der Waals surface area (Å²) in [6, 6.07) is 5.22. The first-order valence-electron chi connectivity index (χ1n) is 7.16. The van der Waals surface area contributed by atoms with Gasteiger partial charge in [0.1, 0.15) is 5.69 Å². The van der Waals surface area contributed by atoms with Crippen LogP contribution in [0.5, 0.6) is 5.75 Å². The van der Waals surface area contributed by atoms with Gasteiger partial charge in [0, 0.05) is 22.7 Å². The summed E-state index contributed by atoms with van der Waals surface area (Å²) in [6.07, 6.45) is 3.14. The molecule has 0 bridgehead atoms. The van der Waals surface area contributed by atoms with Crippen molar-refractivity contribution in [1.29, 1.82) is 0 Å². The topological polar surface area (TPSA) is 59.2 Å². The molecule has 0 spiro atoms. The molecular formula is C16H16ClNO3. The zero-order valence-corrected chi connectivity index (χ0v) is 12.5. The highest BCUT2D eigenvalue weighted by molar-refractivity contribution is 6.31. The molecule has 1 N–H and O–H groups in total. The quantitative estimate of drug-likeness (QED) is 0.683. The third-order valence-electron chi connectivity index (χ3n) is 3.94. The Hall–Kier alpha value is -1.81. The normalized spacial score (nSPS) is 15.0. The van der Waals surface area contributed by atoms with Crippen molar-refractivity contribution in [2.24, 2.45) is 5.92 Å². The van der Waals surface area contributed by atoms with Gasteiger partial charge in [-0.25, -0.2) is 0 Å². The monoisotopic (exact) mass is 305 g/mol. The van der Waals surface area contributed by atoms with E-state index in [2.05, 4.69) is 4.98 Å². The molecule has 110 valence electrons. The fraction of sp³-hybridized carbons (Fsp3) is 0.375. The second-order valence-corrected chi connectivity index (χ2v) is 5.78. The van der Waals surface area contributed by atoms with Crippen molar-refractivity contribution in [3.63, 3.8) is 0 Å². The Morgan fingerprint density at radius 1 is 1.38 bits per heavy atom. The summed E-state index contributed by atoms with van der Waals surface area (Å²) in [4.78, 5) is 27.2. The molecular weight excluding hydrogens is 290 g/mol. The van der Waals surface area contributed by atoms with Crippen LogP contribution < -0.4 is 4.74 Å². The van der Waals surface area contributed by atoms with Crippen LogP contribution in [-0.4, -0.2) is 16.7 Å². The lowest BCUT2D eigenvalue weighted by Crippen LogP contribution is -2.23. The lowest BCUT2D eigenvalue weighted by Gasteiger charge is -2.23. The molecule has 3 rings (SSSR count). The highest BCUT2D eigenvalue weighted by Gasteiger charge is 2.31. The molecule has 0 amide bonds. The van der Waals surface area contributed by atoms with Gasteiger partial charge in [-0.3, -0.25) is 9.59 Å². The Balaban J connectivity index is 2.09. The first kappa shape index (κ1) is 14.1. The van der Waals surface area contributed by atoms with Crippen LogP contribution in [0, 0.1) is 5.92 Å². The minimum Gasteiger partial charge on any atom is -0.423 e. The minimum absolute atomic E-state index is 0.0208. The molecule has 1 fully saturated rings. The summed E-state index contributed by atoms with van der Waals surface area (Å²) < 4.78 is 5.39. The minimum atomic E-state index is -0.353. The number of hydrogen-bond acceptors (Lipinski definition) is 3. The number of aromatic nitrogens is 1. The van der Waals surface area contributed by atoms with E-state index in [0.717, 1.165) is 19.3 Å². The van der Waals surface area contributed by atoms with Gasteiger partial charge in [-0.05, 0) is 31.0 Å². The number of esters is 1. The molecule has 0 unspecified atom stereocenters. The molecule has 2 aromatic rings. The lowest BCUT2D eigenvalue weighted by molar-refractivity contribution is -0.133. The van der Waals surface area contributed by atoms with Crippen molar-refractivity contribution in [3.8, 4) is 5.75 Å². The number of carbonyl (C=O) groups excluding carboxylic acids is 2. The zero-order chi connectivity index (χ0) is 15.0. The predicted octanol–water partition coefficient (Wildman–Crippen LogP) is 4.12. The highest BCUT2D eigenvalue weighted by Crippen LogP contribution is 2.37. The Bertz CT molecular complexity index is 716. The number of nitrogens with one attached hydrogen (secondary N) is 1. The first-order chi connectivity index (χ1) is 10.1. The predicted molar refractivity (Wildman–Crippen MR) is 80.9 cm³/mol. The van der Waals surface area contributed by atoms with E-state index in [1.165, 1.54) is 0 Å². The van der Waals surface area contributed by atoms with Crippen LogP contribution in [0.25, 0.3) is 10.9 Å². The average Bonchev–Trinajstić information content (AvgIpc) is 2.74. The van der Waals surface area contributed by atoms with Crippen LogP contribution in [0.15, 0.2) is 18.2 Å². The van der Waals surface area contributed by atoms with Crippen molar-refractivity contribution in [2.75, 3.05) is 0 Å². The Morgan fingerprint density at radius 2 is 2.14 bits per heavy atom. The molecule has 0 aliphatic heterocycles. The number of benzene rings is 1. The van der Waals surface area contributed by atoms with Crippen LogP contribution in [-0.2, 0) is 4.79 Å². The van der Waals surface area contributed by atoms with E-state index >= 15 is 0 Å². The molecule has 1 aromatic heterocycles. The van der Waals surface area contributed by atoms with Crippen molar-refractivity contribution >= 4 is 34.3 Å². The molecule has 1 heterocycles. The number of fused-ring (bicyclic) bond motifs is 1. The summed E-state index contributed by atoms with van der Waals surface area (Å²) >= 11 is 5.98. The number of H-pyrrole nitrogens is 1. The third-order valence-corrected chi connectivity index (χ3v) is 4.18. The van der Waals surface area contributed by atoms with Crippen LogP contribution >= 0.6 is 11.6 Å². The zero-order valence-electron chi connectivity index (χ0n) is 11.7. The van der Waals surface area contributed by atoms with Gasteiger partial charge in [-0.2, -0.15) is 0 Å². The van der Waals surface area contributed by atoms with Gasteiger partial charge in [0.25, 0.3) is 0 Å². The van der Waals surface area contributed by atoms with Crippen molar-refractivity contribution in [3.05, 3.63) is 28.9 Å². The van der Waals surface area contributed by atoms with Crippen molar-refractivity contribution in [1.82, 2.24) is 4.98 Å². The van der Waals surface area contributed by atoms with Crippen molar-refractivity contribution < 1.29 is 14.3 Å². The summed E-state index contributed by atoms with van der Waals surface area (Å²) in [5.41, 5.74) is 1.10. The maximum absolute atomic E-state index is 12.5. The number of carbonyl (C=O) groups is 2. The molecule has 1 saturated carbocycles. The SMILES string of the molecule is CCC(=O)Oc1c(C(=O)C2CCC2)[nH]c2cc(Cl)ccc12. The number of Topliss-reactive ketones (excluding diaryl/α,β-unsaturated/α-hetero) is 1. The van der Waals surface area contributed by atoms with Gasteiger partial charge >= 0.3 is 5.97 Å². The van der Waals surface area contributed by atoms with E-state index < -0.39 is 0 Å². The smallest absolute Gasteiger partial charge is 0.310 e. The number of aromatic amines is 1. The van der Waals surface area contributed by atoms with E-state index in [-0.39, 0.29) is 24.1 Å². The van der Waals surface area contributed by atoms with E-state index in [9.17, 15) is 9.59 Å². The fourth-order valence-electron chi connectivity index (χ4n) is 2.48. The molecule has 0 radical (unpaired) electrons. The summed E-state index contributed by atoms with van der Waals surface area (Å²) in [7, 11) is 0. The second kappa shape index (κ2) is 5.53. The van der Waals surface area contributed by atoms with Gasteiger partial charge in [-0.1, -0.05) is 24.9 Å². The molecule has 1 aromatic carbocycles. The summed E-state index contributed by atoms with van der Waals surface area (Å²) in [5, 5.41) is 1.28. The summed E-state index contributed by atoms with van der Waals surface area (Å²) in [6.45, 7) is 1.72. The molecule has 5 heteroatoms. The molecule has 1 aliphatic rings. The van der Waals surface area contributed by atoms with E-state index in [0.29, 0.717) is 27.4 Å². The Morgan fingerprint density at radius 3 is 2.76 bits per heavy atom. The number of ketones is 1. The van der Waals surface area contributed by atoms with E-state index in [1.807, 2.05) is 0 Å². The largest absolute Gasteiger partial charge is 0.423 e. The molecule has 0 atom stereocenters. The third kappa shape index (κ3) is 2.56. The maximum Gasteiger partial charge on any atom is 0.310 e. The van der Waals surface area contributed by atoms with Crippen LogP contribution in [0.3, 0.4) is 0 Å². The number of halogens is 1. The standard InChI is InChI=1S/C16H16ClNO3/c1-2-13(19)21-16-11-7-6-10(17)8-12(11)18-14(16)15(20)9-4-3-5-9/h6-9,18H,2-5H2,1H3. The summed E-state index contributed by atoms with van der Waals surface area (Å²) in [5.74, 6) is 0.0408. The number of ether oxygens (including phenoxy) is 1. The molecule has 4 nitrogen and oxygen atoms in total. The van der Waals surface area contributed by atoms with E-state index in [1.54, 1.807) is 25.1 Å². The average molecular weight is 306 g/mol. The van der Waals surface area contributed by atoms with Crippen LogP contribution in [0.2, 0.25) is 5.02 Å². The second-order valence-electron chi connectivity index (χ2n) is 5.34. The molecule has 0 saturated heterocycles. The van der Waals surface area contributed by atoms with Gasteiger partial charge in [0.05, 0.1) is 5.52 Å². The van der Waals surface area contributed by atoms with Gasteiger partial charge in [-0.15, -0.1) is 0 Å². The fourth-order valence-corrected chi connectivity index (χ4v) is 2.66. The number of hydrogen-bond donors (Lipinski definition) is 1. The molecule has 21 heavy (non-hydrogen) atoms. The Kier molecular flexibility index (Phi) is 3.72. The van der Waals surface area contributed by atoms with Crippen LogP contribution in [0.1, 0.15) is 43.1 Å². The highest BCUT2D eigenvalue weighted by atomic mass is 35.5. The van der Waals surface area contributed by atoms with Crippen LogP contribution in [0.4, 0.5) is 0 Å². The first-order valence-corrected chi connectivity index (χ1v) is 7.54. The van der Waals surface area contributed by atoms with Gasteiger partial charge in [0.15, 0.2) is 11.5 Å². The maximum atomic E-state index is 12.5. The number of rotatable bonds is 4. The lowest BCUT2D eigenvalue weighted by atomic mass is 9.81. The van der Waals surface area contributed by atoms with Crippen molar-refractivity contribution in [2.45, 2.75) is 32.6 Å². The molecule has 1 aliphatic carbocycles. The van der Waals surface area contributed by atoms with E-state index in [4.69, 9.17) is 16.3 Å².